The van der Waals surface area contributed by atoms with E-state index in [0.717, 1.165) is 0 Å². The van der Waals surface area contributed by atoms with Gasteiger partial charge in [0.25, 0.3) is 0 Å². The van der Waals surface area contributed by atoms with Gasteiger partial charge in [0.1, 0.15) is 0 Å². The van der Waals surface area contributed by atoms with Gasteiger partial charge < -0.3 is 19.3 Å². The Bertz CT molecular complexity index is 109. The van der Waals surface area contributed by atoms with Crippen LogP contribution in [0.5, 0.6) is 0 Å². The lowest BCUT2D eigenvalue weighted by Crippen LogP contribution is -2.44. The number of carbonyl (C=O) groups is 1. The molecule has 0 heterocycles. The first-order valence-corrected chi connectivity index (χ1v) is 2.51. The molecule has 0 rings (SSSR count). The minimum Gasteiger partial charge on any atom is -0.475 e. The number of hydrogen-bond acceptors (Lipinski definition) is 4. The third-order valence-corrected chi connectivity index (χ3v) is 1.07. The summed E-state index contributed by atoms with van der Waals surface area (Å²) in [6, 6.07) is 0. The normalized spacial score (nSPS) is 11.5. The van der Waals surface area contributed by atoms with Crippen molar-refractivity contribution in [3.05, 3.63) is 0 Å². The first-order valence-electron chi connectivity index (χ1n) is 2.51. The van der Waals surface area contributed by atoms with Gasteiger partial charge in [-0.3, -0.25) is 0 Å². The summed E-state index contributed by atoms with van der Waals surface area (Å²) in [6.07, 6.45) is 0. The fraction of sp³-hybridized carbons (Fsp3) is 0.800. The van der Waals surface area contributed by atoms with Crippen LogP contribution in [0.15, 0.2) is 0 Å². The van der Waals surface area contributed by atoms with E-state index in [1.54, 1.807) is 0 Å². The van der Waals surface area contributed by atoms with E-state index in [0.29, 0.717) is 0 Å². The lowest BCUT2D eigenvalue weighted by Gasteiger charge is -2.22. The Labute approximate surface area is 58.5 Å². The highest BCUT2D eigenvalue weighted by molar-refractivity contribution is 5.73. The molecule has 0 aromatic rings. The number of carboxylic acids is 1. The van der Waals surface area contributed by atoms with Crippen molar-refractivity contribution in [3.8, 4) is 0 Å². The zero-order valence-corrected chi connectivity index (χ0v) is 6.08. The highest BCUT2D eigenvalue weighted by atomic mass is 16.9. The van der Waals surface area contributed by atoms with Crippen LogP contribution < -0.4 is 0 Å². The second-order valence-corrected chi connectivity index (χ2v) is 1.47. The zero-order valence-electron chi connectivity index (χ0n) is 6.08. The minimum atomic E-state index is -1.96. The molecule has 0 radical (unpaired) electrons. The van der Waals surface area contributed by atoms with Crippen LogP contribution >= 0.6 is 0 Å². The predicted octanol–water partition coefficient (Wildman–Crippen LogP) is -0.336. The van der Waals surface area contributed by atoms with Crippen LogP contribution in [-0.2, 0) is 19.0 Å². The van der Waals surface area contributed by atoms with Crippen molar-refractivity contribution in [3.63, 3.8) is 0 Å². The number of hydrogen-bond donors (Lipinski definition) is 1. The summed E-state index contributed by atoms with van der Waals surface area (Å²) in [5.41, 5.74) is 0. The number of methoxy groups -OCH3 is 3. The standard InChI is InChI=1S/C5H10O5/c1-8-5(9-2,10-3)4(6)7/h1-3H3,(H,6,7). The Balaban J connectivity index is 4.31. The predicted molar refractivity (Wildman–Crippen MR) is 31.4 cm³/mol. The van der Waals surface area contributed by atoms with Crippen LogP contribution in [0, 0.1) is 0 Å². The average Bonchev–Trinajstić information content (AvgIpc) is 1.92. The summed E-state index contributed by atoms with van der Waals surface area (Å²) in [6.45, 7) is 0. The number of carboxylic acid groups (broad SMARTS) is 1. The molecule has 5 nitrogen and oxygen atoms in total. The van der Waals surface area contributed by atoms with E-state index in [1.807, 2.05) is 0 Å². The van der Waals surface area contributed by atoms with Gasteiger partial charge in [-0.15, -0.1) is 0 Å². The molecule has 0 bridgehead atoms. The van der Waals surface area contributed by atoms with Crippen molar-refractivity contribution in [1.29, 1.82) is 0 Å². The maximum absolute atomic E-state index is 10.3. The van der Waals surface area contributed by atoms with Crippen LogP contribution in [0.2, 0.25) is 0 Å². The third kappa shape index (κ3) is 1.44. The summed E-state index contributed by atoms with van der Waals surface area (Å²) in [7, 11) is 3.54. The largest absolute Gasteiger partial charge is 0.475 e. The number of rotatable bonds is 4. The van der Waals surface area contributed by atoms with Crippen LogP contribution in [0.25, 0.3) is 0 Å². The SMILES string of the molecule is COC(OC)(OC)C(=O)O. The smallest absolute Gasteiger partial charge is 0.395 e. The second-order valence-electron chi connectivity index (χ2n) is 1.47. The Kier molecular flexibility index (Phi) is 3.27. The van der Waals surface area contributed by atoms with Crippen LogP contribution in [-0.4, -0.2) is 38.4 Å². The molecule has 0 fully saturated rings. The van der Waals surface area contributed by atoms with Crippen molar-refractivity contribution in [2.75, 3.05) is 21.3 Å². The maximum atomic E-state index is 10.3. The molecule has 0 unspecified atom stereocenters. The van der Waals surface area contributed by atoms with Crippen molar-refractivity contribution in [2.24, 2.45) is 0 Å². The molecule has 5 heteroatoms. The average molecular weight is 150 g/mol. The highest BCUT2D eigenvalue weighted by Crippen LogP contribution is 2.10. The van der Waals surface area contributed by atoms with E-state index in [9.17, 15) is 4.79 Å². The van der Waals surface area contributed by atoms with Gasteiger partial charge in [0.15, 0.2) is 0 Å². The molecule has 60 valence electrons. The van der Waals surface area contributed by atoms with Gasteiger partial charge in [-0.2, -0.15) is 0 Å². The van der Waals surface area contributed by atoms with E-state index in [1.165, 1.54) is 21.3 Å². The summed E-state index contributed by atoms with van der Waals surface area (Å²) in [5, 5.41) is 8.45. The van der Waals surface area contributed by atoms with E-state index < -0.39 is 11.9 Å². The molecule has 0 amide bonds. The molecule has 0 aliphatic rings. The van der Waals surface area contributed by atoms with Gasteiger partial charge in [-0.25, -0.2) is 4.79 Å². The minimum absolute atomic E-state index is 1.18. The van der Waals surface area contributed by atoms with E-state index in [-0.39, 0.29) is 0 Å². The quantitative estimate of drug-likeness (QED) is 0.555. The molecular weight excluding hydrogens is 140 g/mol. The van der Waals surface area contributed by atoms with E-state index >= 15 is 0 Å². The summed E-state index contributed by atoms with van der Waals surface area (Å²) < 4.78 is 13.4. The maximum Gasteiger partial charge on any atom is 0.395 e. The van der Waals surface area contributed by atoms with Gasteiger partial charge in [-0.05, 0) is 0 Å². The number of ether oxygens (including phenoxy) is 3. The van der Waals surface area contributed by atoms with Crippen LogP contribution in [0.3, 0.4) is 0 Å². The van der Waals surface area contributed by atoms with Gasteiger partial charge in [0.2, 0.25) is 0 Å². The van der Waals surface area contributed by atoms with Crippen LogP contribution in [0.4, 0.5) is 0 Å². The molecule has 0 aromatic heterocycles. The first-order chi connectivity index (χ1) is 4.63. The third-order valence-electron chi connectivity index (χ3n) is 1.07. The Morgan fingerprint density at radius 1 is 1.20 bits per heavy atom. The van der Waals surface area contributed by atoms with Crippen molar-refractivity contribution in [2.45, 2.75) is 5.97 Å². The molecule has 0 aromatic carbocycles. The molecule has 10 heavy (non-hydrogen) atoms. The second kappa shape index (κ2) is 3.50. The monoisotopic (exact) mass is 150 g/mol. The summed E-state index contributed by atoms with van der Waals surface area (Å²) >= 11 is 0. The van der Waals surface area contributed by atoms with Crippen molar-refractivity contribution < 1.29 is 24.1 Å². The van der Waals surface area contributed by atoms with Crippen molar-refractivity contribution in [1.82, 2.24) is 0 Å². The van der Waals surface area contributed by atoms with Gasteiger partial charge in [0, 0.05) is 21.3 Å². The topological polar surface area (TPSA) is 65.0 Å². The molecule has 0 saturated heterocycles. The summed E-state index contributed by atoms with van der Waals surface area (Å²) in [4.78, 5) is 10.3. The molecule has 0 aliphatic carbocycles. The van der Waals surface area contributed by atoms with Crippen molar-refractivity contribution >= 4 is 5.97 Å². The molecule has 0 spiro atoms. The molecule has 0 saturated carbocycles. The summed E-state index contributed by atoms with van der Waals surface area (Å²) in [5.74, 6) is -3.28. The molecule has 1 N–H and O–H groups in total. The van der Waals surface area contributed by atoms with Gasteiger partial charge in [-0.1, -0.05) is 0 Å². The Morgan fingerprint density at radius 3 is 1.50 bits per heavy atom. The fourth-order valence-electron chi connectivity index (χ4n) is 0.512. The molecular formula is C5H10O5. The number of aliphatic carboxylic acids is 1. The van der Waals surface area contributed by atoms with Gasteiger partial charge >= 0.3 is 11.9 Å². The molecule has 0 atom stereocenters. The lowest BCUT2D eigenvalue weighted by atomic mass is 10.5. The lowest BCUT2D eigenvalue weighted by molar-refractivity contribution is -0.335. The Morgan fingerprint density at radius 2 is 1.50 bits per heavy atom. The Hall–Kier alpha value is -0.650. The van der Waals surface area contributed by atoms with E-state index in [4.69, 9.17) is 5.11 Å². The van der Waals surface area contributed by atoms with Crippen LogP contribution in [0.1, 0.15) is 0 Å². The molecule has 0 aliphatic heterocycles. The van der Waals surface area contributed by atoms with Gasteiger partial charge in [0.05, 0.1) is 0 Å². The van der Waals surface area contributed by atoms with E-state index in [2.05, 4.69) is 14.2 Å². The first kappa shape index (κ1) is 9.35. The zero-order chi connectivity index (χ0) is 8.20. The highest BCUT2D eigenvalue weighted by Gasteiger charge is 2.39. The fourth-order valence-corrected chi connectivity index (χ4v) is 0.512.